The van der Waals surface area contributed by atoms with E-state index in [4.69, 9.17) is 4.74 Å². The van der Waals surface area contributed by atoms with E-state index in [9.17, 15) is 18.0 Å². The molecule has 9 nitrogen and oxygen atoms in total. The normalized spacial score (nSPS) is 13.7. The molecule has 0 saturated carbocycles. The van der Waals surface area contributed by atoms with Gasteiger partial charge in [0.05, 0.1) is 24.1 Å². The van der Waals surface area contributed by atoms with Crippen molar-refractivity contribution in [2.24, 2.45) is 0 Å². The van der Waals surface area contributed by atoms with Crippen LogP contribution in [0.3, 0.4) is 0 Å². The van der Waals surface area contributed by atoms with Gasteiger partial charge < -0.3 is 14.5 Å². The van der Waals surface area contributed by atoms with Crippen molar-refractivity contribution in [3.05, 3.63) is 94.7 Å². The first-order valence-electron chi connectivity index (χ1n) is 13.6. The molecule has 0 aliphatic carbocycles. The van der Waals surface area contributed by atoms with E-state index in [1.54, 1.807) is 52.5 Å². The Morgan fingerprint density at radius 2 is 1.73 bits per heavy atom. The number of nitrogens with zero attached hydrogens (tertiary/aromatic N) is 7. The molecule has 1 saturated heterocycles. The number of rotatable bonds is 8. The largest absolute Gasteiger partial charge is 0.497 e. The van der Waals surface area contributed by atoms with Crippen LogP contribution < -0.4 is 9.64 Å². The van der Waals surface area contributed by atoms with Gasteiger partial charge >= 0.3 is 6.18 Å². The molecule has 1 aliphatic rings. The van der Waals surface area contributed by atoms with Gasteiger partial charge in [-0.25, -0.2) is 4.98 Å². The highest BCUT2D eigenvalue weighted by Crippen LogP contribution is 2.34. The van der Waals surface area contributed by atoms with Crippen molar-refractivity contribution in [3.8, 4) is 22.8 Å². The number of carbonyl (C=O) groups is 1. The average Bonchev–Trinajstić information content (AvgIpc) is 3.71. The maximum atomic E-state index is 13.5. The summed E-state index contributed by atoms with van der Waals surface area (Å²) in [6.07, 6.45) is -1.33. The number of halogens is 3. The molecule has 1 amide bonds. The van der Waals surface area contributed by atoms with Gasteiger partial charge in [0.2, 0.25) is 0 Å². The first kappa shape index (κ1) is 29.6. The van der Waals surface area contributed by atoms with Crippen LogP contribution in [0.5, 0.6) is 5.75 Å². The molecule has 14 heteroatoms. The Morgan fingerprint density at radius 3 is 2.43 bits per heavy atom. The van der Waals surface area contributed by atoms with Gasteiger partial charge in [0.1, 0.15) is 16.5 Å². The lowest BCUT2D eigenvalue weighted by atomic mass is 10.2. The molecule has 44 heavy (non-hydrogen) atoms. The second kappa shape index (κ2) is 12.7. The molecule has 226 valence electrons. The number of hydrogen-bond acceptors (Lipinski definition) is 9. The van der Waals surface area contributed by atoms with Crippen molar-refractivity contribution in [3.63, 3.8) is 0 Å². The molecule has 1 fully saturated rings. The predicted octanol–water partition coefficient (Wildman–Crippen LogP) is 6.07. The highest BCUT2D eigenvalue weighted by Gasteiger charge is 2.31. The molecule has 2 aromatic carbocycles. The molecule has 0 N–H and O–H groups in total. The Bertz CT molecular complexity index is 1740. The van der Waals surface area contributed by atoms with Crippen molar-refractivity contribution in [1.29, 1.82) is 0 Å². The van der Waals surface area contributed by atoms with E-state index in [2.05, 4.69) is 25.1 Å². The highest BCUT2D eigenvalue weighted by molar-refractivity contribution is 7.98. The van der Waals surface area contributed by atoms with Crippen LogP contribution in [-0.2, 0) is 11.9 Å². The fourth-order valence-electron chi connectivity index (χ4n) is 4.83. The lowest BCUT2D eigenvalue weighted by molar-refractivity contribution is -0.137. The topological polar surface area (TPSA) is 89.3 Å². The zero-order valence-electron chi connectivity index (χ0n) is 23.4. The van der Waals surface area contributed by atoms with Gasteiger partial charge in [0.25, 0.3) is 5.91 Å². The van der Waals surface area contributed by atoms with Gasteiger partial charge in [-0.05, 0) is 54.6 Å². The quantitative estimate of drug-likeness (QED) is 0.190. The number of methoxy groups -OCH3 is 1. The number of amides is 1. The smallest absolute Gasteiger partial charge is 0.416 e. The summed E-state index contributed by atoms with van der Waals surface area (Å²) in [7, 11) is 1.63. The fraction of sp³-hybridized carbons (Fsp3) is 0.233. The third-order valence-electron chi connectivity index (χ3n) is 7.10. The van der Waals surface area contributed by atoms with Crippen molar-refractivity contribution >= 4 is 34.7 Å². The van der Waals surface area contributed by atoms with Crippen LogP contribution in [-0.4, -0.2) is 68.8 Å². The Morgan fingerprint density at radius 1 is 0.977 bits per heavy atom. The van der Waals surface area contributed by atoms with Crippen molar-refractivity contribution < 1.29 is 22.7 Å². The molecule has 5 aromatic rings. The molecule has 4 heterocycles. The fourth-order valence-corrected chi connectivity index (χ4v) is 6.57. The minimum absolute atomic E-state index is 0.126. The summed E-state index contributed by atoms with van der Waals surface area (Å²) in [6.45, 7) is 2.56. The number of ether oxygens (including phenoxy) is 1. The van der Waals surface area contributed by atoms with E-state index in [1.165, 1.54) is 29.2 Å². The first-order valence-corrected chi connectivity index (χ1v) is 15.5. The summed E-state index contributed by atoms with van der Waals surface area (Å²) in [6, 6.07) is 16.3. The number of benzene rings is 2. The molecule has 0 unspecified atom stereocenters. The number of piperazine rings is 1. The molecule has 3 aromatic heterocycles. The van der Waals surface area contributed by atoms with Gasteiger partial charge in [-0.2, -0.15) is 13.2 Å². The molecule has 6 rings (SSSR count). The average molecular weight is 638 g/mol. The number of thioether (sulfide) groups is 1. The minimum atomic E-state index is -4.50. The lowest BCUT2D eigenvalue weighted by Gasteiger charge is -2.35. The van der Waals surface area contributed by atoms with Crippen LogP contribution in [0.2, 0.25) is 0 Å². The lowest BCUT2D eigenvalue weighted by Crippen LogP contribution is -2.48. The second-order valence-electron chi connectivity index (χ2n) is 9.82. The summed E-state index contributed by atoms with van der Waals surface area (Å²) in [4.78, 5) is 25.9. The second-order valence-corrected chi connectivity index (χ2v) is 11.7. The Balaban J connectivity index is 1.15. The van der Waals surface area contributed by atoms with E-state index < -0.39 is 11.7 Å². The van der Waals surface area contributed by atoms with Gasteiger partial charge in [0.15, 0.2) is 11.0 Å². The van der Waals surface area contributed by atoms with Crippen LogP contribution in [0.4, 0.5) is 18.9 Å². The van der Waals surface area contributed by atoms with Crippen LogP contribution >= 0.6 is 23.1 Å². The number of alkyl halides is 3. The molecular formula is C30H26F3N7O2S2. The Kier molecular flexibility index (Phi) is 8.53. The standard InChI is InChI=1S/C30H26F3N7O2S2/c1-42-24-7-5-22(6-8-24)38-13-15-39(16-14-38)28(41)25-18-43-26(35-25)19-44-29-37-36-27(20-9-11-34-12-10-20)40(29)23-4-2-3-21(17-23)30(31,32)33/h2-12,17-18H,13-16,19H2,1H3. The third kappa shape index (κ3) is 6.40. The molecule has 1 aliphatic heterocycles. The molecule has 0 spiro atoms. The van der Waals surface area contributed by atoms with Crippen molar-refractivity contribution in [2.45, 2.75) is 17.1 Å². The summed E-state index contributed by atoms with van der Waals surface area (Å²) in [5, 5.41) is 11.4. The van der Waals surface area contributed by atoms with Crippen LogP contribution in [0, 0.1) is 0 Å². The summed E-state index contributed by atoms with van der Waals surface area (Å²) < 4.78 is 47.4. The number of hydrogen-bond donors (Lipinski definition) is 0. The van der Waals surface area contributed by atoms with Crippen LogP contribution in [0.1, 0.15) is 21.1 Å². The van der Waals surface area contributed by atoms with E-state index in [1.807, 2.05) is 24.3 Å². The Hall–Kier alpha value is -4.43. The number of carbonyl (C=O) groups excluding carboxylic acids is 1. The van der Waals surface area contributed by atoms with Gasteiger partial charge in [0, 0.05) is 55.2 Å². The van der Waals surface area contributed by atoms with E-state index in [-0.39, 0.29) is 11.6 Å². The summed E-state index contributed by atoms with van der Waals surface area (Å²) in [5.41, 5.74) is 1.62. The van der Waals surface area contributed by atoms with E-state index in [0.717, 1.165) is 23.6 Å². The molecular weight excluding hydrogens is 612 g/mol. The number of aromatic nitrogens is 5. The SMILES string of the molecule is COc1ccc(N2CCN(C(=O)c3csc(CSc4nnc(-c5ccncc5)n4-c4cccc(C(F)(F)F)c4)n3)CC2)cc1. The van der Waals surface area contributed by atoms with Crippen LogP contribution in [0.15, 0.2) is 83.6 Å². The number of pyridine rings is 1. The summed E-state index contributed by atoms with van der Waals surface area (Å²) in [5.74, 6) is 1.42. The predicted molar refractivity (Wildman–Crippen MR) is 162 cm³/mol. The van der Waals surface area contributed by atoms with Crippen molar-refractivity contribution in [2.75, 3.05) is 38.2 Å². The van der Waals surface area contributed by atoms with Gasteiger partial charge in [-0.15, -0.1) is 21.5 Å². The monoisotopic (exact) mass is 637 g/mol. The zero-order chi connectivity index (χ0) is 30.7. The number of anilines is 1. The first-order chi connectivity index (χ1) is 21.3. The van der Waals surface area contributed by atoms with Crippen LogP contribution in [0.25, 0.3) is 17.1 Å². The van der Waals surface area contributed by atoms with Gasteiger partial charge in [-0.1, -0.05) is 17.8 Å². The van der Waals surface area contributed by atoms with E-state index in [0.29, 0.717) is 59.2 Å². The molecule has 0 radical (unpaired) electrons. The molecule has 0 bridgehead atoms. The molecule has 0 atom stereocenters. The Labute approximate surface area is 259 Å². The minimum Gasteiger partial charge on any atom is -0.497 e. The number of thiazole rings is 1. The third-order valence-corrected chi connectivity index (χ3v) is 9.08. The highest BCUT2D eigenvalue weighted by atomic mass is 32.2. The maximum absolute atomic E-state index is 13.5. The van der Waals surface area contributed by atoms with Gasteiger partial charge in [-0.3, -0.25) is 14.3 Å². The maximum Gasteiger partial charge on any atom is 0.416 e. The zero-order valence-corrected chi connectivity index (χ0v) is 25.1. The van der Waals surface area contributed by atoms with E-state index >= 15 is 0 Å². The van der Waals surface area contributed by atoms with Crippen molar-refractivity contribution in [1.82, 2.24) is 29.6 Å². The summed E-state index contributed by atoms with van der Waals surface area (Å²) >= 11 is 2.64.